The summed E-state index contributed by atoms with van der Waals surface area (Å²) < 4.78 is 25.7. The van der Waals surface area contributed by atoms with Crippen LogP contribution in [0.5, 0.6) is 0 Å². The van der Waals surface area contributed by atoms with Gasteiger partial charge in [0.1, 0.15) is 5.88 Å². The van der Waals surface area contributed by atoms with E-state index in [1.165, 1.54) is 0 Å². The number of alkyl halides is 1. The number of likely N-dealkylation sites (tertiary alicyclic amines) is 1. The SMILES string of the molecule is O=C1CCCN1C1CS(=O)(=O)CC1C1c2ccccc2C(c2ccccc2)CN1C(=O)CCl. The number of fused-ring (bicyclic) bond motifs is 1. The highest BCUT2D eigenvalue weighted by Crippen LogP contribution is 2.46. The first kappa shape index (κ1) is 22.4. The molecule has 0 spiro atoms. The highest BCUT2D eigenvalue weighted by atomic mass is 35.5. The number of amides is 2. The van der Waals surface area contributed by atoms with Crippen LogP contribution in [0, 0.1) is 5.92 Å². The average Bonchev–Trinajstić information content (AvgIpc) is 3.39. The first-order valence-corrected chi connectivity index (χ1v) is 13.7. The minimum Gasteiger partial charge on any atom is -0.338 e. The molecule has 33 heavy (non-hydrogen) atoms. The Morgan fingerprint density at radius 1 is 1.00 bits per heavy atom. The van der Waals surface area contributed by atoms with Crippen LogP contribution in [0.25, 0.3) is 0 Å². The van der Waals surface area contributed by atoms with Gasteiger partial charge < -0.3 is 9.80 Å². The quantitative estimate of drug-likeness (QED) is 0.623. The van der Waals surface area contributed by atoms with Crippen molar-refractivity contribution in [3.63, 3.8) is 0 Å². The molecular weight excluding hydrogens is 460 g/mol. The molecule has 5 rings (SSSR count). The van der Waals surface area contributed by atoms with E-state index in [1.807, 2.05) is 36.4 Å². The normalized spacial score (nSPS) is 28.7. The Hall–Kier alpha value is -2.38. The molecule has 2 amide bonds. The minimum absolute atomic E-state index is 0.00331. The zero-order chi connectivity index (χ0) is 23.2. The van der Waals surface area contributed by atoms with Crippen molar-refractivity contribution in [2.45, 2.75) is 30.8 Å². The summed E-state index contributed by atoms with van der Waals surface area (Å²) in [7, 11) is -3.34. The van der Waals surface area contributed by atoms with E-state index >= 15 is 0 Å². The Kier molecular flexibility index (Phi) is 5.95. The van der Waals surface area contributed by atoms with Crippen LogP contribution < -0.4 is 0 Å². The molecule has 174 valence electrons. The number of hydrogen-bond donors (Lipinski definition) is 0. The predicted octanol–water partition coefficient (Wildman–Crippen LogP) is 2.98. The van der Waals surface area contributed by atoms with Gasteiger partial charge in [-0.1, -0.05) is 54.6 Å². The smallest absolute Gasteiger partial charge is 0.238 e. The lowest BCUT2D eigenvalue weighted by Crippen LogP contribution is -2.51. The van der Waals surface area contributed by atoms with E-state index in [4.69, 9.17) is 11.6 Å². The molecule has 2 saturated heterocycles. The van der Waals surface area contributed by atoms with Gasteiger partial charge >= 0.3 is 0 Å². The van der Waals surface area contributed by atoms with Gasteiger partial charge in [-0.3, -0.25) is 9.59 Å². The van der Waals surface area contributed by atoms with Crippen molar-refractivity contribution in [3.8, 4) is 0 Å². The summed E-state index contributed by atoms with van der Waals surface area (Å²) in [4.78, 5) is 29.2. The fourth-order valence-corrected chi connectivity index (χ4v) is 8.17. The lowest BCUT2D eigenvalue weighted by molar-refractivity contribution is -0.134. The Bertz CT molecular complexity index is 1170. The largest absolute Gasteiger partial charge is 0.338 e. The highest BCUT2D eigenvalue weighted by Gasteiger charge is 2.51. The minimum atomic E-state index is -3.34. The van der Waals surface area contributed by atoms with Crippen molar-refractivity contribution in [2.75, 3.05) is 30.5 Å². The van der Waals surface area contributed by atoms with Gasteiger partial charge in [-0.25, -0.2) is 8.42 Å². The molecule has 4 atom stereocenters. The zero-order valence-electron chi connectivity index (χ0n) is 18.3. The topological polar surface area (TPSA) is 74.8 Å². The third-order valence-electron chi connectivity index (χ3n) is 7.32. The molecule has 0 radical (unpaired) electrons. The highest BCUT2D eigenvalue weighted by molar-refractivity contribution is 7.91. The van der Waals surface area contributed by atoms with E-state index in [0.29, 0.717) is 19.5 Å². The number of sulfone groups is 1. The Balaban J connectivity index is 1.63. The van der Waals surface area contributed by atoms with Crippen LogP contribution in [0.3, 0.4) is 0 Å². The predicted molar refractivity (Wildman–Crippen MR) is 127 cm³/mol. The number of halogens is 1. The van der Waals surface area contributed by atoms with Gasteiger partial charge in [0, 0.05) is 31.3 Å². The Morgan fingerprint density at radius 3 is 2.36 bits per heavy atom. The Morgan fingerprint density at radius 2 is 1.70 bits per heavy atom. The first-order valence-electron chi connectivity index (χ1n) is 11.4. The van der Waals surface area contributed by atoms with Crippen LogP contribution in [-0.4, -0.2) is 66.5 Å². The number of rotatable bonds is 4. The lowest BCUT2D eigenvalue weighted by Gasteiger charge is -2.46. The maximum Gasteiger partial charge on any atom is 0.238 e. The van der Waals surface area contributed by atoms with E-state index in [1.54, 1.807) is 9.80 Å². The van der Waals surface area contributed by atoms with Crippen LogP contribution in [0.4, 0.5) is 0 Å². The second-order valence-corrected chi connectivity index (χ2v) is 11.6. The van der Waals surface area contributed by atoms with E-state index in [-0.39, 0.29) is 41.0 Å². The van der Waals surface area contributed by atoms with Gasteiger partial charge in [0.2, 0.25) is 11.8 Å². The van der Waals surface area contributed by atoms with Crippen LogP contribution >= 0.6 is 11.6 Å². The van der Waals surface area contributed by atoms with E-state index in [2.05, 4.69) is 18.2 Å². The molecule has 3 aliphatic rings. The second kappa shape index (κ2) is 8.76. The van der Waals surface area contributed by atoms with Gasteiger partial charge in [0.15, 0.2) is 9.84 Å². The van der Waals surface area contributed by atoms with E-state index in [9.17, 15) is 18.0 Å². The van der Waals surface area contributed by atoms with Crippen molar-refractivity contribution in [1.82, 2.24) is 9.80 Å². The molecule has 6 nitrogen and oxygen atoms in total. The zero-order valence-corrected chi connectivity index (χ0v) is 19.8. The number of carbonyl (C=O) groups excluding carboxylic acids is 2. The van der Waals surface area contributed by atoms with Crippen molar-refractivity contribution < 1.29 is 18.0 Å². The molecule has 0 saturated carbocycles. The van der Waals surface area contributed by atoms with Crippen molar-refractivity contribution >= 4 is 33.3 Å². The van der Waals surface area contributed by atoms with Gasteiger partial charge in [-0.15, -0.1) is 11.6 Å². The maximum atomic E-state index is 13.1. The molecule has 0 N–H and O–H groups in total. The number of hydrogen-bond acceptors (Lipinski definition) is 4. The van der Waals surface area contributed by atoms with E-state index < -0.39 is 21.9 Å². The van der Waals surface area contributed by atoms with Gasteiger partial charge in [0.05, 0.1) is 23.6 Å². The first-order chi connectivity index (χ1) is 15.9. The number of benzene rings is 2. The van der Waals surface area contributed by atoms with Gasteiger partial charge in [-0.2, -0.15) is 0 Å². The molecule has 3 heterocycles. The number of carbonyl (C=O) groups is 2. The van der Waals surface area contributed by atoms with Crippen molar-refractivity contribution in [1.29, 1.82) is 0 Å². The fourth-order valence-electron chi connectivity index (χ4n) is 5.94. The summed E-state index contributed by atoms with van der Waals surface area (Å²) >= 11 is 6.05. The molecule has 0 bridgehead atoms. The van der Waals surface area contributed by atoms with Crippen LogP contribution in [0.15, 0.2) is 54.6 Å². The third kappa shape index (κ3) is 4.06. The van der Waals surface area contributed by atoms with Gasteiger partial charge in [0.25, 0.3) is 0 Å². The summed E-state index contributed by atoms with van der Waals surface area (Å²) in [6.45, 7) is 0.994. The summed E-state index contributed by atoms with van der Waals surface area (Å²) in [6.07, 6.45) is 1.19. The molecule has 8 heteroatoms. The lowest BCUT2D eigenvalue weighted by atomic mass is 9.76. The molecule has 3 aliphatic heterocycles. The number of nitrogens with zero attached hydrogens (tertiary/aromatic N) is 2. The van der Waals surface area contributed by atoms with Crippen LogP contribution in [0.2, 0.25) is 0 Å². The second-order valence-electron chi connectivity index (χ2n) is 9.22. The molecule has 2 aromatic carbocycles. The standard InChI is InChI=1S/C25H27ClN2O4S/c26-13-24(30)28-14-20(17-7-2-1-3-8-17)18-9-4-5-10-19(18)25(28)21-15-33(31,32)16-22(21)27-12-6-11-23(27)29/h1-5,7-10,20-22,25H,6,11-16H2. The van der Waals surface area contributed by atoms with Gasteiger partial charge in [-0.05, 0) is 23.1 Å². The molecule has 0 aromatic heterocycles. The Labute approximate surface area is 199 Å². The van der Waals surface area contributed by atoms with Crippen molar-refractivity contribution in [3.05, 3.63) is 71.3 Å². The molecule has 4 unspecified atom stereocenters. The molecule has 2 fully saturated rings. The van der Waals surface area contributed by atoms with Crippen LogP contribution in [-0.2, 0) is 19.4 Å². The summed E-state index contributed by atoms with van der Waals surface area (Å²) in [5.74, 6) is -0.892. The summed E-state index contributed by atoms with van der Waals surface area (Å²) in [5, 5.41) is 0. The van der Waals surface area contributed by atoms with Crippen molar-refractivity contribution in [2.24, 2.45) is 5.92 Å². The summed E-state index contributed by atoms with van der Waals surface area (Å²) in [6, 6.07) is 17.1. The molecular formula is C25H27ClN2O4S. The fraction of sp³-hybridized carbons (Fsp3) is 0.440. The average molecular weight is 487 g/mol. The molecule has 0 aliphatic carbocycles. The van der Waals surface area contributed by atoms with E-state index in [0.717, 1.165) is 23.1 Å². The maximum absolute atomic E-state index is 13.1. The molecule has 2 aromatic rings. The van der Waals surface area contributed by atoms with Crippen LogP contribution in [0.1, 0.15) is 41.5 Å². The summed E-state index contributed by atoms with van der Waals surface area (Å²) in [5.41, 5.74) is 3.15. The third-order valence-corrected chi connectivity index (χ3v) is 9.29. The monoisotopic (exact) mass is 486 g/mol.